The highest BCUT2D eigenvalue weighted by Crippen LogP contribution is 2.28. The van der Waals surface area contributed by atoms with Crippen LogP contribution < -0.4 is 4.74 Å². The van der Waals surface area contributed by atoms with E-state index < -0.39 is 0 Å². The van der Waals surface area contributed by atoms with Crippen LogP contribution in [0.4, 0.5) is 0 Å². The first-order valence-corrected chi connectivity index (χ1v) is 10.4. The van der Waals surface area contributed by atoms with Crippen LogP contribution in [0.1, 0.15) is 24.5 Å². The van der Waals surface area contributed by atoms with Gasteiger partial charge in [0.2, 0.25) is 5.91 Å². The molecule has 1 atom stereocenters. The van der Waals surface area contributed by atoms with Crippen molar-refractivity contribution in [2.45, 2.75) is 18.8 Å². The molecule has 0 saturated carbocycles. The number of hydrogen-bond donors (Lipinski definition) is 0. The molecular weight excluding hydrogens is 366 g/mol. The van der Waals surface area contributed by atoms with Crippen LogP contribution in [-0.2, 0) is 9.53 Å². The third-order valence-electron chi connectivity index (χ3n) is 5.80. The van der Waals surface area contributed by atoms with E-state index in [0.717, 1.165) is 48.6 Å². The molecule has 0 spiro atoms. The molecule has 2 aromatic rings. The number of rotatable bonds is 5. The summed E-state index contributed by atoms with van der Waals surface area (Å²) in [6.45, 7) is 5.07. The maximum atomic E-state index is 12.6. The standard InChI is InChI=1S/C23H29N3O3/c1-28-20-9-7-18(8-10-20)21-5-2-6-22(24-21)19-4-3-11-25(16-19)17-23(27)26-12-14-29-15-13-26/h2,5-10,19H,3-4,11-17H2,1H3/t19-/m0/s1. The van der Waals surface area contributed by atoms with Crippen molar-refractivity contribution in [1.82, 2.24) is 14.8 Å². The Balaban J connectivity index is 1.41. The molecule has 6 nitrogen and oxygen atoms in total. The average Bonchev–Trinajstić information content (AvgIpc) is 2.80. The van der Waals surface area contributed by atoms with Crippen molar-refractivity contribution in [1.29, 1.82) is 0 Å². The normalized spacial score (nSPS) is 20.4. The molecule has 154 valence electrons. The first kappa shape index (κ1) is 19.9. The lowest BCUT2D eigenvalue weighted by atomic mass is 9.93. The van der Waals surface area contributed by atoms with Gasteiger partial charge in [-0.1, -0.05) is 6.07 Å². The minimum absolute atomic E-state index is 0.217. The highest BCUT2D eigenvalue weighted by Gasteiger charge is 2.26. The fraction of sp³-hybridized carbons (Fsp3) is 0.478. The summed E-state index contributed by atoms with van der Waals surface area (Å²) < 4.78 is 10.6. The predicted octanol–water partition coefficient (Wildman–Crippen LogP) is 2.80. The summed E-state index contributed by atoms with van der Waals surface area (Å²) >= 11 is 0. The number of likely N-dealkylation sites (tertiary alicyclic amines) is 1. The smallest absolute Gasteiger partial charge is 0.236 e. The Bertz CT molecular complexity index is 818. The van der Waals surface area contributed by atoms with E-state index in [-0.39, 0.29) is 5.91 Å². The maximum absolute atomic E-state index is 12.6. The number of nitrogens with zero attached hydrogens (tertiary/aromatic N) is 3. The van der Waals surface area contributed by atoms with Crippen LogP contribution in [0, 0.1) is 0 Å². The molecule has 1 amide bonds. The van der Waals surface area contributed by atoms with Gasteiger partial charge in [-0.15, -0.1) is 0 Å². The number of pyridine rings is 1. The molecule has 0 aliphatic carbocycles. The van der Waals surface area contributed by atoms with E-state index in [1.54, 1.807) is 7.11 Å². The van der Waals surface area contributed by atoms with Crippen molar-refractivity contribution in [2.75, 3.05) is 53.0 Å². The summed E-state index contributed by atoms with van der Waals surface area (Å²) in [4.78, 5) is 21.8. The Kier molecular flexibility index (Phi) is 6.42. The van der Waals surface area contributed by atoms with Crippen LogP contribution >= 0.6 is 0 Å². The molecule has 0 N–H and O–H groups in total. The summed E-state index contributed by atoms with van der Waals surface area (Å²) in [6.07, 6.45) is 2.21. The van der Waals surface area contributed by atoms with Crippen LogP contribution in [-0.4, -0.2) is 73.7 Å². The number of benzene rings is 1. The summed E-state index contributed by atoms with van der Waals surface area (Å²) in [5.74, 6) is 1.42. The minimum Gasteiger partial charge on any atom is -0.497 e. The number of ether oxygens (including phenoxy) is 2. The van der Waals surface area contributed by atoms with Gasteiger partial charge >= 0.3 is 0 Å². The number of morpholine rings is 1. The third kappa shape index (κ3) is 4.95. The average molecular weight is 396 g/mol. The van der Waals surface area contributed by atoms with Crippen molar-refractivity contribution in [3.05, 3.63) is 48.2 Å². The SMILES string of the molecule is COc1ccc(-c2cccc([C@H]3CCCN(CC(=O)N4CCOCC4)C3)n2)cc1. The second-order valence-corrected chi connectivity index (χ2v) is 7.74. The molecule has 2 aliphatic heterocycles. The van der Waals surface area contributed by atoms with Crippen LogP contribution in [0.25, 0.3) is 11.3 Å². The molecule has 2 saturated heterocycles. The second kappa shape index (κ2) is 9.37. The second-order valence-electron chi connectivity index (χ2n) is 7.74. The lowest BCUT2D eigenvalue weighted by Crippen LogP contribution is -2.47. The fourth-order valence-electron chi connectivity index (χ4n) is 4.15. The van der Waals surface area contributed by atoms with Crippen molar-refractivity contribution >= 4 is 5.91 Å². The lowest BCUT2D eigenvalue weighted by molar-refractivity contribution is -0.136. The van der Waals surface area contributed by atoms with Gasteiger partial charge in [-0.25, -0.2) is 0 Å². The minimum atomic E-state index is 0.217. The first-order chi connectivity index (χ1) is 14.2. The molecule has 1 aromatic heterocycles. The van der Waals surface area contributed by atoms with E-state index in [1.807, 2.05) is 35.2 Å². The molecule has 0 unspecified atom stereocenters. The Morgan fingerprint density at radius 2 is 1.93 bits per heavy atom. The van der Waals surface area contributed by atoms with Gasteiger partial charge in [-0.05, 0) is 55.8 Å². The Hall–Kier alpha value is -2.44. The number of piperidine rings is 1. The molecule has 6 heteroatoms. The highest BCUT2D eigenvalue weighted by atomic mass is 16.5. The molecule has 29 heavy (non-hydrogen) atoms. The third-order valence-corrected chi connectivity index (χ3v) is 5.80. The van der Waals surface area contributed by atoms with Crippen LogP contribution in [0.3, 0.4) is 0 Å². The van der Waals surface area contributed by atoms with E-state index in [1.165, 1.54) is 0 Å². The zero-order valence-corrected chi connectivity index (χ0v) is 17.0. The Labute approximate surface area is 172 Å². The molecular formula is C23H29N3O3. The first-order valence-electron chi connectivity index (χ1n) is 10.4. The number of hydrogen-bond acceptors (Lipinski definition) is 5. The molecule has 0 bridgehead atoms. The molecule has 3 heterocycles. The van der Waals surface area contributed by atoms with Crippen LogP contribution in [0.2, 0.25) is 0 Å². The zero-order valence-electron chi connectivity index (χ0n) is 17.0. The van der Waals surface area contributed by atoms with Crippen molar-refractivity contribution in [3.8, 4) is 17.0 Å². The summed E-state index contributed by atoms with van der Waals surface area (Å²) in [5.41, 5.74) is 3.18. The largest absolute Gasteiger partial charge is 0.497 e. The fourth-order valence-corrected chi connectivity index (χ4v) is 4.15. The lowest BCUT2D eigenvalue weighted by Gasteiger charge is -2.34. The number of aromatic nitrogens is 1. The van der Waals surface area contributed by atoms with E-state index in [9.17, 15) is 4.79 Å². The van der Waals surface area contributed by atoms with E-state index in [2.05, 4.69) is 17.0 Å². The van der Waals surface area contributed by atoms with Crippen LogP contribution in [0.5, 0.6) is 5.75 Å². The van der Waals surface area contributed by atoms with E-state index >= 15 is 0 Å². The number of amides is 1. The molecule has 2 fully saturated rings. The van der Waals surface area contributed by atoms with Gasteiger partial charge in [0.15, 0.2) is 0 Å². The quantitative estimate of drug-likeness (QED) is 0.779. The van der Waals surface area contributed by atoms with Gasteiger partial charge < -0.3 is 14.4 Å². The van der Waals surface area contributed by atoms with E-state index in [4.69, 9.17) is 14.5 Å². The number of methoxy groups -OCH3 is 1. The van der Waals surface area contributed by atoms with Gasteiger partial charge in [-0.2, -0.15) is 0 Å². The van der Waals surface area contributed by atoms with Crippen LogP contribution in [0.15, 0.2) is 42.5 Å². The van der Waals surface area contributed by atoms with Gasteiger partial charge in [0, 0.05) is 36.8 Å². The van der Waals surface area contributed by atoms with Crippen molar-refractivity contribution in [2.24, 2.45) is 0 Å². The Morgan fingerprint density at radius 1 is 1.14 bits per heavy atom. The highest BCUT2D eigenvalue weighted by molar-refractivity contribution is 5.78. The summed E-state index contributed by atoms with van der Waals surface area (Å²) in [5, 5.41) is 0. The van der Waals surface area contributed by atoms with Crippen molar-refractivity contribution < 1.29 is 14.3 Å². The number of carbonyl (C=O) groups is 1. The van der Waals surface area contributed by atoms with Gasteiger partial charge in [0.05, 0.1) is 32.6 Å². The summed E-state index contributed by atoms with van der Waals surface area (Å²) in [6, 6.07) is 14.3. The molecule has 0 radical (unpaired) electrons. The van der Waals surface area contributed by atoms with Gasteiger partial charge in [0.25, 0.3) is 0 Å². The topological polar surface area (TPSA) is 54.9 Å². The molecule has 2 aliphatic rings. The summed E-state index contributed by atoms with van der Waals surface area (Å²) in [7, 11) is 1.67. The maximum Gasteiger partial charge on any atom is 0.236 e. The van der Waals surface area contributed by atoms with Gasteiger partial charge in [-0.3, -0.25) is 14.7 Å². The monoisotopic (exact) mass is 395 g/mol. The Morgan fingerprint density at radius 3 is 2.69 bits per heavy atom. The predicted molar refractivity (Wildman–Crippen MR) is 112 cm³/mol. The number of carbonyl (C=O) groups excluding carboxylic acids is 1. The zero-order chi connectivity index (χ0) is 20.1. The van der Waals surface area contributed by atoms with E-state index in [0.29, 0.717) is 38.8 Å². The van der Waals surface area contributed by atoms with Crippen molar-refractivity contribution in [3.63, 3.8) is 0 Å². The molecule has 4 rings (SSSR count). The molecule has 1 aromatic carbocycles. The van der Waals surface area contributed by atoms with Gasteiger partial charge in [0.1, 0.15) is 5.75 Å².